The molecule has 0 N–H and O–H groups in total. The quantitative estimate of drug-likeness (QED) is 0.785. The Morgan fingerprint density at radius 3 is 2.42 bits per heavy atom. The molecule has 0 bridgehead atoms. The molecule has 100 valence electrons. The van der Waals surface area contributed by atoms with Gasteiger partial charge in [0, 0.05) is 16.1 Å². The van der Waals surface area contributed by atoms with Crippen LogP contribution in [-0.4, -0.2) is 25.7 Å². The van der Waals surface area contributed by atoms with Gasteiger partial charge in [-0.05, 0) is 17.7 Å². The number of aldehydes is 1. The maximum atomic E-state index is 12.0. The first-order chi connectivity index (χ1) is 8.93. The van der Waals surface area contributed by atoms with Crippen molar-refractivity contribution in [3.63, 3.8) is 0 Å². The highest BCUT2D eigenvalue weighted by Crippen LogP contribution is 2.61. The summed E-state index contributed by atoms with van der Waals surface area (Å²) < 4.78 is 24.9. The van der Waals surface area contributed by atoms with E-state index in [1.54, 1.807) is 24.3 Å². The van der Waals surface area contributed by atoms with Crippen LogP contribution in [0.3, 0.4) is 0 Å². The third-order valence-electron chi connectivity index (χ3n) is 3.59. The van der Waals surface area contributed by atoms with E-state index in [-0.39, 0.29) is 5.75 Å². The van der Waals surface area contributed by atoms with Crippen LogP contribution in [0.15, 0.2) is 28.7 Å². The van der Waals surface area contributed by atoms with Crippen LogP contribution in [0.1, 0.15) is 18.4 Å². The van der Waals surface area contributed by atoms with E-state index in [1.807, 2.05) is 6.07 Å². The number of nitrogens with zero attached hydrogens (tertiary/aromatic N) is 1. The van der Waals surface area contributed by atoms with Crippen molar-refractivity contribution in [2.45, 2.75) is 18.1 Å². The molecule has 1 aliphatic carbocycles. The van der Waals surface area contributed by atoms with Crippen molar-refractivity contribution in [2.24, 2.45) is 5.41 Å². The van der Waals surface area contributed by atoms with Crippen LogP contribution in [-0.2, 0) is 14.6 Å². The molecule has 0 amide bonds. The number of rotatable bonds is 4. The lowest BCUT2D eigenvalue weighted by Gasteiger charge is -2.00. The Morgan fingerprint density at radius 1 is 1.42 bits per heavy atom. The van der Waals surface area contributed by atoms with Crippen LogP contribution in [0.2, 0.25) is 0 Å². The van der Waals surface area contributed by atoms with Gasteiger partial charge in [-0.2, -0.15) is 5.26 Å². The zero-order valence-electron chi connectivity index (χ0n) is 10.2. The summed E-state index contributed by atoms with van der Waals surface area (Å²) in [6.45, 7) is 1.53. The smallest absolute Gasteiger partial charge is 0.155 e. The second-order valence-corrected chi connectivity index (χ2v) is 7.89. The molecule has 0 radical (unpaired) electrons. The maximum Gasteiger partial charge on any atom is 0.155 e. The monoisotopic (exact) mass is 341 g/mol. The summed E-state index contributed by atoms with van der Waals surface area (Å²) in [5.41, 5.74) is -0.721. The lowest BCUT2D eigenvalue weighted by atomic mass is 10.0. The van der Waals surface area contributed by atoms with Crippen LogP contribution in [0.25, 0.3) is 0 Å². The van der Waals surface area contributed by atoms with Crippen molar-refractivity contribution >= 4 is 32.1 Å². The van der Waals surface area contributed by atoms with E-state index in [4.69, 9.17) is 0 Å². The average molecular weight is 342 g/mol. The first kappa shape index (κ1) is 14.2. The van der Waals surface area contributed by atoms with Gasteiger partial charge in [-0.15, -0.1) is 0 Å². The van der Waals surface area contributed by atoms with E-state index >= 15 is 0 Å². The predicted octanol–water partition coefficient (Wildman–Crippen LogP) is 2.06. The Morgan fingerprint density at radius 2 is 2.00 bits per heavy atom. The molecule has 0 heterocycles. The molecule has 0 aromatic heterocycles. The lowest BCUT2D eigenvalue weighted by molar-refractivity contribution is -0.110. The summed E-state index contributed by atoms with van der Waals surface area (Å²) in [7, 11) is -3.43. The fourth-order valence-electron chi connectivity index (χ4n) is 2.48. The van der Waals surface area contributed by atoms with E-state index in [0.717, 1.165) is 4.47 Å². The number of sulfone groups is 1. The summed E-state index contributed by atoms with van der Waals surface area (Å²) in [5, 5.41) is 8.29. The molecule has 0 aliphatic heterocycles. The van der Waals surface area contributed by atoms with Crippen molar-refractivity contribution in [1.29, 1.82) is 5.26 Å². The highest BCUT2D eigenvalue weighted by Gasteiger charge is 2.72. The average Bonchev–Trinajstić information content (AvgIpc) is 3.10. The first-order valence-electron chi connectivity index (χ1n) is 5.77. The molecule has 1 fully saturated rings. The van der Waals surface area contributed by atoms with Gasteiger partial charge in [-0.1, -0.05) is 35.0 Å². The second-order valence-electron chi connectivity index (χ2n) is 4.56. The van der Waals surface area contributed by atoms with Crippen LogP contribution >= 0.6 is 15.9 Å². The molecular weight excluding hydrogens is 330 g/mol. The minimum Gasteiger partial charge on any atom is -0.302 e. The number of benzene rings is 1. The molecular formula is C13H12BrNO3S. The molecule has 3 atom stereocenters. The van der Waals surface area contributed by atoms with Crippen molar-refractivity contribution in [1.82, 2.24) is 0 Å². The van der Waals surface area contributed by atoms with Crippen LogP contribution in [0.5, 0.6) is 0 Å². The van der Waals surface area contributed by atoms with Gasteiger partial charge in [-0.25, -0.2) is 8.42 Å². The molecule has 2 rings (SSSR count). The van der Waals surface area contributed by atoms with E-state index in [0.29, 0.717) is 11.8 Å². The van der Waals surface area contributed by atoms with E-state index in [1.165, 1.54) is 6.92 Å². The molecule has 1 saturated carbocycles. The van der Waals surface area contributed by atoms with Crippen LogP contribution in [0.4, 0.5) is 0 Å². The molecule has 1 aliphatic rings. The topological polar surface area (TPSA) is 75.0 Å². The Balaban J connectivity index is 2.49. The minimum absolute atomic E-state index is 0.0675. The SMILES string of the molecule is CCS(=O)(=O)C1C(c2ccc(Br)cc2)C1(C#N)C=O. The zero-order chi connectivity index (χ0) is 14.3. The summed E-state index contributed by atoms with van der Waals surface area (Å²) in [6, 6.07) is 8.94. The normalized spacial score (nSPS) is 29.5. The van der Waals surface area contributed by atoms with Crippen molar-refractivity contribution in [2.75, 3.05) is 5.75 Å². The fourth-order valence-corrected chi connectivity index (χ4v) is 4.67. The fraction of sp³-hybridized carbons (Fsp3) is 0.385. The molecule has 19 heavy (non-hydrogen) atoms. The standard InChI is InChI=1S/C13H12BrNO3S/c1-2-19(17,18)12-11(13(12,7-15)8-16)9-3-5-10(14)6-4-9/h3-6,8,11-12H,2H2,1H3. The Hall–Kier alpha value is -1.19. The van der Waals surface area contributed by atoms with E-state index in [2.05, 4.69) is 15.9 Å². The molecule has 0 saturated heterocycles. The van der Waals surface area contributed by atoms with Gasteiger partial charge in [0.15, 0.2) is 9.84 Å². The summed E-state index contributed by atoms with van der Waals surface area (Å²) >= 11 is 3.29. The molecule has 1 aromatic rings. The summed E-state index contributed by atoms with van der Waals surface area (Å²) in [4.78, 5) is 11.2. The van der Waals surface area contributed by atoms with Gasteiger partial charge in [-0.3, -0.25) is 0 Å². The number of hydrogen-bond donors (Lipinski definition) is 0. The van der Waals surface area contributed by atoms with Crippen molar-refractivity contribution < 1.29 is 13.2 Å². The Bertz CT molecular complexity index is 647. The lowest BCUT2D eigenvalue weighted by Crippen LogP contribution is -2.17. The number of halogens is 1. The van der Waals surface area contributed by atoms with E-state index < -0.39 is 26.4 Å². The number of carbonyl (C=O) groups is 1. The van der Waals surface area contributed by atoms with Gasteiger partial charge in [0.2, 0.25) is 0 Å². The van der Waals surface area contributed by atoms with Gasteiger partial charge >= 0.3 is 0 Å². The Kier molecular flexibility index (Phi) is 3.54. The second kappa shape index (κ2) is 4.73. The highest BCUT2D eigenvalue weighted by atomic mass is 79.9. The molecule has 0 spiro atoms. The largest absolute Gasteiger partial charge is 0.302 e. The molecule has 3 unspecified atom stereocenters. The van der Waals surface area contributed by atoms with Crippen LogP contribution < -0.4 is 0 Å². The molecule has 1 aromatic carbocycles. The van der Waals surface area contributed by atoms with Gasteiger partial charge in [0.05, 0.1) is 11.3 Å². The number of carbonyl (C=O) groups excluding carboxylic acids is 1. The van der Waals surface area contributed by atoms with Gasteiger partial charge < -0.3 is 4.79 Å². The van der Waals surface area contributed by atoms with Crippen molar-refractivity contribution in [3.05, 3.63) is 34.3 Å². The third kappa shape index (κ3) is 2.11. The summed E-state index contributed by atoms with van der Waals surface area (Å²) in [6.07, 6.45) is 0.484. The minimum atomic E-state index is -3.43. The summed E-state index contributed by atoms with van der Waals surface area (Å²) in [5.74, 6) is -0.629. The zero-order valence-corrected chi connectivity index (χ0v) is 12.6. The number of nitriles is 1. The van der Waals surface area contributed by atoms with Gasteiger partial charge in [0.25, 0.3) is 0 Å². The van der Waals surface area contributed by atoms with Crippen molar-refractivity contribution in [3.8, 4) is 6.07 Å². The third-order valence-corrected chi connectivity index (χ3v) is 6.36. The maximum absolute atomic E-state index is 12.0. The van der Waals surface area contributed by atoms with Gasteiger partial charge in [0.1, 0.15) is 11.7 Å². The Labute approximate surface area is 120 Å². The number of hydrogen-bond acceptors (Lipinski definition) is 4. The van der Waals surface area contributed by atoms with E-state index in [9.17, 15) is 18.5 Å². The highest BCUT2D eigenvalue weighted by molar-refractivity contribution is 9.10. The first-order valence-corrected chi connectivity index (χ1v) is 8.28. The predicted molar refractivity (Wildman–Crippen MR) is 74.2 cm³/mol. The molecule has 4 nitrogen and oxygen atoms in total. The van der Waals surface area contributed by atoms with Crippen LogP contribution in [0, 0.1) is 16.7 Å². The molecule has 6 heteroatoms.